The monoisotopic (exact) mass is 365 g/mol. The summed E-state index contributed by atoms with van der Waals surface area (Å²) in [7, 11) is 0. The Balaban J connectivity index is 2.86. The van der Waals surface area contributed by atoms with Crippen molar-refractivity contribution in [3.8, 4) is 0 Å². The molecule has 1 N–H and O–H groups in total. The zero-order valence-electron chi connectivity index (χ0n) is 9.69. The zero-order valence-corrected chi connectivity index (χ0v) is 12.9. The van der Waals surface area contributed by atoms with Crippen molar-refractivity contribution < 1.29 is 9.18 Å². The number of alkyl halides is 2. The van der Waals surface area contributed by atoms with E-state index in [4.69, 9.17) is 0 Å². The molecule has 0 bridgehead atoms. The van der Waals surface area contributed by atoms with Gasteiger partial charge in [-0.2, -0.15) is 0 Å². The van der Waals surface area contributed by atoms with Crippen LogP contribution in [-0.4, -0.2) is 22.1 Å². The average molecular weight is 367 g/mol. The molecule has 0 spiro atoms. The predicted molar refractivity (Wildman–Crippen MR) is 74.6 cm³/mol. The third-order valence-corrected chi connectivity index (χ3v) is 4.90. The Morgan fingerprint density at radius 2 is 2.00 bits per heavy atom. The maximum Gasteiger partial charge on any atom is 0.251 e. The van der Waals surface area contributed by atoms with Crippen molar-refractivity contribution in [3.05, 3.63) is 35.1 Å². The van der Waals surface area contributed by atoms with Crippen molar-refractivity contribution in [2.75, 3.05) is 10.7 Å². The summed E-state index contributed by atoms with van der Waals surface area (Å²) < 4.78 is 13.1. The van der Waals surface area contributed by atoms with Crippen molar-refractivity contribution in [1.29, 1.82) is 0 Å². The molecule has 1 amide bonds. The van der Waals surface area contributed by atoms with Crippen LogP contribution in [0.4, 0.5) is 4.39 Å². The van der Waals surface area contributed by atoms with Crippen LogP contribution < -0.4 is 5.32 Å². The lowest BCUT2D eigenvalue weighted by Gasteiger charge is -2.26. The van der Waals surface area contributed by atoms with Crippen molar-refractivity contribution in [1.82, 2.24) is 5.32 Å². The Kier molecular flexibility index (Phi) is 5.13. The van der Waals surface area contributed by atoms with E-state index in [1.54, 1.807) is 13.0 Å². The van der Waals surface area contributed by atoms with Gasteiger partial charge in [-0.1, -0.05) is 31.9 Å². The molecule has 1 aromatic carbocycles. The van der Waals surface area contributed by atoms with Crippen LogP contribution in [0.15, 0.2) is 18.2 Å². The number of hydrogen-bond donors (Lipinski definition) is 1. The molecule has 0 aliphatic carbocycles. The number of aryl methyl sites for hydroxylation is 1. The largest absolute Gasteiger partial charge is 0.345 e. The van der Waals surface area contributed by atoms with E-state index < -0.39 is 0 Å². The van der Waals surface area contributed by atoms with Gasteiger partial charge in [0.15, 0.2) is 0 Å². The first-order valence-corrected chi connectivity index (χ1v) is 7.37. The summed E-state index contributed by atoms with van der Waals surface area (Å²) in [6, 6.07) is 4.35. The molecule has 0 heterocycles. The number of carbonyl (C=O) groups excluding carboxylic acids is 1. The van der Waals surface area contributed by atoms with Gasteiger partial charge in [-0.25, -0.2) is 4.39 Å². The summed E-state index contributed by atoms with van der Waals surface area (Å²) in [5.74, 6) is -0.500. The first-order chi connectivity index (χ1) is 7.91. The van der Waals surface area contributed by atoms with Crippen LogP contribution in [0.25, 0.3) is 0 Å². The predicted octanol–water partition coefficient (Wildman–Crippen LogP) is 3.41. The highest BCUT2D eigenvalue weighted by molar-refractivity contribution is 9.09. The molecule has 1 rings (SSSR count). The Hall–Kier alpha value is -0.420. The quantitative estimate of drug-likeness (QED) is 0.813. The molecule has 0 aromatic heterocycles. The van der Waals surface area contributed by atoms with Gasteiger partial charge in [0.25, 0.3) is 5.91 Å². The summed E-state index contributed by atoms with van der Waals surface area (Å²) in [5, 5.41) is 4.17. The fraction of sp³-hybridized carbons (Fsp3) is 0.417. The molecule has 0 unspecified atom stereocenters. The molecular formula is C12H14Br2FNO. The third-order valence-electron chi connectivity index (χ3n) is 2.43. The average Bonchev–Trinajstić information content (AvgIpc) is 2.32. The van der Waals surface area contributed by atoms with Gasteiger partial charge >= 0.3 is 0 Å². The van der Waals surface area contributed by atoms with E-state index in [1.165, 1.54) is 12.1 Å². The highest BCUT2D eigenvalue weighted by atomic mass is 79.9. The molecule has 0 fully saturated rings. The van der Waals surface area contributed by atoms with Crippen LogP contribution in [0.1, 0.15) is 22.8 Å². The van der Waals surface area contributed by atoms with E-state index in [9.17, 15) is 9.18 Å². The number of carbonyl (C=O) groups is 1. The van der Waals surface area contributed by atoms with E-state index in [1.807, 2.05) is 6.92 Å². The van der Waals surface area contributed by atoms with Crippen LogP contribution in [0.5, 0.6) is 0 Å². The third kappa shape index (κ3) is 3.78. The van der Waals surface area contributed by atoms with Crippen molar-refractivity contribution in [3.63, 3.8) is 0 Å². The minimum atomic E-state index is -0.362. The number of hydrogen-bond acceptors (Lipinski definition) is 1. The topological polar surface area (TPSA) is 29.1 Å². The van der Waals surface area contributed by atoms with Gasteiger partial charge in [-0.05, 0) is 37.6 Å². The number of rotatable bonds is 4. The first kappa shape index (κ1) is 14.6. The molecular weight excluding hydrogens is 353 g/mol. The standard InChI is InChI=1S/C12H14Br2FNO/c1-8-5-9(3-4-10(8)15)11(17)16-12(2,6-13)7-14/h3-5H,6-7H2,1-2H3,(H,16,17). The van der Waals surface area contributed by atoms with Gasteiger partial charge < -0.3 is 5.32 Å². The number of benzene rings is 1. The van der Waals surface area contributed by atoms with Crippen molar-refractivity contribution in [2.24, 2.45) is 0 Å². The van der Waals surface area contributed by atoms with Crippen LogP contribution in [0, 0.1) is 12.7 Å². The lowest BCUT2D eigenvalue weighted by atomic mass is 10.1. The molecule has 2 nitrogen and oxygen atoms in total. The van der Waals surface area contributed by atoms with Crippen LogP contribution in [0.2, 0.25) is 0 Å². The Labute approximate surface area is 117 Å². The van der Waals surface area contributed by atoms with Crippen molar-refractivity contribution >= 4 is 37.8 Å². The number of halogens is 3. The highest BCUT2D eigenvalue weighted by Crippen LogP contribution is 2.14. The van der Waals surface area contributed by atoms with E-state index in [0.717, 1.165) is 0 Å². The second-order valence-electron chi connectivity index (χ2n) is 4.25. The van der Waals surface area contributed by atoms with Crippen molar-refractivity contribution in [2.45, 2.75) is 19.4 Å². The Morgan fingerprint density at radius 1 is 1.41 bits per heavy atom. The smallest absolute Gasteiger partial charge is 0.251 e. The lowest BCUT2D eigenvalue weighted by Crippen LogP contribution is -2.48. The van der Waals surface area contributed by atoms with Gasteiger partial charge in [-0.15, -0.1) is 0 Å². The van der Waals surface area contributed by atoms with E-state index in [-0.39, 0.29) is 17.3 Å². The van der Waals surface area contributed by atoms with Gasteiger partial charge in [-0.3, -0.25) is 4.79 Å². The van der Waals surface area contributed by atoms with Crippen LogP contribution >= 0.6 is 31.9 Å². The molecule has 0 radical (unpaired) electrons. The summed E-state index contributed by atoms with van der Waals surface area (Å²) >= 11 is 6.71. The zero-order chi connectivity index (χ0) is 13.1. The van der Waals surface area contributed by atoms with Gasteiger partial charge in [0.1, 0.15) is 5.82 Å². The number of nitrogens with one attached hydrogen (secondary N) is 1. The van der Waals surface area contributed by atoms with Crippen LogP contribution in [0.3, 0.4) is 0 Å². The van der Waals surface area contributed by atoms with Gasteiger partial charge in [0.2, 0.25) is 0 Å². The summed E-state index contributed by atoms with van der Waals surface area (Å²) in [6.07, 6.45) is 0. The van der Waals surface area contributed by atoms with E-state index in [0.29, 0.717) is 21.8 Å². The second kappa shape index (κ2) is 5.96. The van der Waals surface area contributed by atoms with Gasteiger partial charge in [0, 0.05) is 16.2 Å². The molecule has 0 aliphatic heterocycles. The molecule has 0 saturated heterocycles. The van der Waals surface area contributed by atoms with Crippen LogP contribution in [-0.2, 0) is 0 Å². The molecule has 0 atom stereocenters. The summed E-state index contributed by atoms with van der Waals surface area (Å²) in [6.45, 7) is 3.56. The molecule has 0 aliphatic rings. The summed E-state index contributed by atoms with van der Waals surface area (Å²) in [5.41, 5.74) is 0.577. The normalized spacial score (nSPS) is 11.4. The SMILES string of the molecule is Cc1cc(C(=O)NC(C)(CBr)CBr)ccc1F. The molecule has 5 heteroatoms. The molecule has 0 saturated carbocycles. The minimum Gasteiger partial charge on any atom is -0.345 e. The molecule has 94 valence electrons. The minimum absolute atomic E-state index is 0.200. The number of amides is 1. The van der Waals surface area contributed by atoms with E-state index >= 15 is 0 Å². The maximum atomic E-state index is 13.1. The lowest BCUT2D eigenvalue weighted by molar-refractivity contribution is 0.0923. The Bertz CT molecular complexity index is 419. The molecule has 17 heavy (non-hydrogen) atoms. The van der Waals surface area contributed by atoms with Gasteiger partial charge in [0.05, 0.1) is 5.54 Å². The fourth-order valence-electron chi connectivity index (χ4n) is 1.23. The second-order valence-corrected chi connectivity index (χ2v) is 5.37. The maximum absolute atomic E-state index is 13.1. The summed E-state index contributed by atoms with van der Waals surface area (Å²) in [4.78, 5) is 12.0. The first-order valence-electron chi connectivity index (χ1n) is 5.12. The Morgan fingerprint density at radius 3 is 2.47 bits per heavy atom. The highest BCUT2D eigenvalue weighted by Gasteiger charge is 2.24. The fourth-order valence-corrected chi connectivity index (χ4v) is 2.44. The molecule has 1 aromatic rings. The van der Waals surface area contributed by atoms with E-state index in [2.05, 4.69) is 37.2 Å².